The van der Waals surface area contributed by atoms with Gasteiger partial charge in [0.25, 0.3) is 0 Å². The fourth-order valence-electron chi connectivity index (χ4n) is 5.21. The molecule has 2 saturated carbocycles. The fourth-order valence-corrected chi connectivity index (χ4v) is 5.21. The van der Waals surface area contributed by atoms with Crippen molar-refractivity contribution < 1.29 is 9.59 Å². The number of carbonyl (C=O) groups excluding carboxylic acids is 2. The zero-order chi connectivity index (χ0) is 21.0. The summed E-state index contributed by atoms with van der Waals surface area (Å²) in [6.07, 6.45) is 10.7. The van der Waals surface area contributed by atoms with Crippen molar-refractivity contribution in [3.8, 4) is 0 Å². The van der Waals surface area contributed by atoms with E-state index in [-0.39, 0.29) is 17.9 Å². The molecule has 2 atom stereocenters. The SMILES string of the molecule is Cc1ccc(C2(C(=O)N[C@@H](CC3CCCCC3)C(=O)N[C@@H]3CCCNC3)CC2)cc1. The van der Waals surface area contributed by atoms with Gasteiger partial charge in [-0.1, -0.05) is 61.9 Å². The van der Waals surface area contributed by atoms with Crippen LogP contribution >= 0.6 is 0 Å². The van der Waals surface area contributed by atoms with Gasteiger partial charge in [-0.2, -0.15) is 0 Å². The number of hydrogen-bond donors (Lipinski definition) is 3. The maximum atomic E-state index is 13.4. The van der Waals surface area contributed by atoms with Crippen LogP contribution in [0.4, 0.5) is 0 Å². The number of rotatable bonds is 7. The molecule has 1 saturated heterocycles. The Labute approximate surface area is 180 Å². The Kier molecular flexibility index (Phi) is 6.77. The van der Waals surface area contributed by atoms with Gasteiger partial charge < -0.3 is 16.0 Å². The Morgan fingerprint density at radius 2 is 1.80 bits per heavy atom. The molecule has 30 heavy (non-hydrogen) atoms. The lowest BCUT2D eigenvalue weighted by Gasteiger charge is -2.30. The highest BCUT2D eigenvalue weighted by Gasteiger charge is 2.52. The Morgan fingerprint density at radius 1 is 1.07 bits per heavy atom. The van der Waals surface area contributed by atoms with E-state index in [4.69, 9.17) is 0 Å². The predicted molar refractivity (Wildman–Crippen MR) is 119 cm³/mol. The Bertz CT molecular complexity index is 729. The van der Waals surface area contributed by atoms with E-state index < -0.39 is 11.5 Å². The highest BCUT2D eigenvalue weighted by atomic mass is 16.2. The number of aryl methyl sites for hydroxylation is 1. The largest absolute Gasteiger partial charge is 0.350 e. The van der Waals surface area contributed by atoms with Crippen LogP contribution in [0.25, 0.3) is 0 Å². The summed E-state index contributed by atoms with van der Waals surface area (Å²) in [7, 11) is 0. The number of carbonyl (C=O) groups is 2. The second-order valence-electron chi connectivity index (χ2n) is 9.77. The molecule has 3 aliphatic rings. The van der Waals surface area contributed by atoms with Gasteiger partial charge in [-0.3, -0.25) is 9.59 Å². The van der Waals surface area contributed by atoms with Crippen molar-refractivity contribution >= 4 is 11.8 Å². The summed E-state index contributed by atoms with van der Waals surface area (Å²) >= 11 is 0. The third kappa shape index (κ3) is 5.05. The van der Waals surface area contributed by atoms with E-state index in [0.29, 0.717) is 5.92 Å². The molecule has 0 unspecified atom stereocenters. The van der Waals surface area contributed by atoms with Crippen molar-refractivity contribution in [3.05, 3.63) is 35.4 Å². The molecular weight excluding hydrogens is 374 g/mol. The maximum Gasteiger partial charge on any atom is 0.242 e. The van der Waals surface area contributed by atoms with Crippen LogP contribution < -0.4 is 16.0 Å². The third-order valence-corrected chi connectivity index (χ3v) is 7.35. The highest BCUT2D eigenvalue weighted by Crippen LogP contribution is 2.48. The smallest absolute Gasteiger partial charge is 0.242 e. The van der Waals surface area contributed by atoms with Crippen LogP contribution in [0.1, 0.15) is 75.3 Å². The van der Waals surface area contributed by atoms with Gasteiger partial charge in [0.15, 0.2) is 0 Å². The maximum absolute atomic E-state index is 13.4. The normalized spacial score (nSPS) is 24.6. The zero-order valence-corrected chi connectivity index (χ0v) is 18.3. The molecule has 0 spiro atoms. The molecule has 2 amide bonds. The van der Waals surface area contributed by atoms with E-state index >= 15 is 0 Å². The average Bonchev–Trinajstić information content (AvgIpc) is 3.57. The zero-order valence-electron chi connectivity index (χ0n) is 18.3. The monoisotopic (exact) mass is 411 g/mol. The lowest BCUT2D eigenvalue weighted by Crippen LogP contribution is -2.55. The number of benzene rings is 1. The topological polar surface area (TPSA) is 70.2 Å². The summed E-state index contributed by atoms with van der Waals surface area (Å²) in [5.74, 6) is 0.570. The quantitative estimate of drug-likeness (QED) is 0.644. The van der Waals surface area contributed by atoms with Gasteiger partial charge in [-0.25, -0.2) is 0 Å². The molecule has 5 heteroatoms. The highest BCUT2D eigenvalue weighted by molar-refractivity contribution is 5.95. The minimum atomic E-state index is -0.439. The van der Waals surface area contributed by atoms with Gasteiger partial charge in [-0.15, -0.1) is 0 Å². The fraction of sp³-hybridized carbons (Fsp3) is 0.680. The van der Waals surface area contributed by atoms with Crippen LogP contribution in [-0.2, 0) is 15.0 Å². The van der Waals surface area contributed by atoms with E-state index in [1.165, 1.54) is 37.7 Å². The lowest BCUT2D eigenvalue weighted by atomic mass is 9.84. The van der Waals surface area contributed by atoms with Gasteiger partial charge in [0, 0.05) is 12.6 Å². The lowest BCUT2D eigenvalue weighted by molar-refractivity contribution is -0.131. The van der Waals surface area contributed by atoms with Gasteiger partial charge in [-0.05, 0) is 57.1 Å². The molecule has 1 aliphatic heterocycles. The summed E-state index contributed by atoms with van der Waals surface area (Å²) in [5.41, 5.74) is 1.84. The summed E-state index contributed by atoms with van der Waals surface area (Å²) < 4.78 is 0. The first-order valence-corrected chi connectivity index (χ1v) is 12.0. The van der Waals surface area contributed by atoms with E-state index in [1.54, 1.807) is 0 Å². The third-order valence-electron chi connectivity index (χ3n) is 7.35. The Hall–Kier alpha value is -1.88. The van der Waals surface area contributed by atoms with Crippen LogP contribution in [0.5, 0.6) is 0 Å². The van der Waals surface area contributed by atoms with Crippen molar-refractivity contribution in [1.29, 1.82) is 0 Å². The Balaban J connectivity index is 1.44. The molecule has 2 aliphatic carbocycles. The second kappa shape index (κ2) is 9.51. The number of piperidine rings is 1. The Morgan fingerprint density at radius 3 is 2.43 bits per heavy atom. The first kappa shape index (κ1) is 21.4. The molecule has 1 heterocycles. The summed E-state index contributed by atoms with van der Waals surface area (Å²) in [6.45, 7) is 3.91. The average molecular weight is 412 g/mol. The first-order valence-electron chi connectivity index (χ1n) is 12.0. The number of hydrogen-bond acceptors (Lipinski definition) is 3. The molecular formula is C25H37N3O2. The molecule has 3 fully saturated rings. The van der Waals surface area contributed by atoms with Crippen molar-refractivity contribution in [1.82, 2.24) is 16.0 Å². The van der Waals surface area contributed by atoms with Crippen LogP contribution in [0.15, 0.2) is 24.3 Å². The van der Waals surface area contributed by atoms with Crippen molar-refractivity contribution in [3.63, 3.8) is 0 Å². The summed E-state index contributed by atoms with van der Waals surface area (Å²) in [6, 6.07) is 8.04. The van der Waals surface area contributed by atoms with Crippen LogP contribution in [-0.4, -0.2) is 37.0 Å². The molecule has 0 radical (unpaired) electrons. The standard InChI is InChI=1S/C25H37N3O2/c1-18-9-11-20(12-10-18)25(13-14-25)24(30)28-22(16-19-6-3-2-4-7-19)23(29)27-21-8-5-15-26-17-21/h9-12,19,21-22,26H,2-8,13-17H2,1H3,(H,27,29)(H,28,30)/t21-,22+/m1/s1. The molecule has 1 aromatic rings. The minimum Gasteiger partial charge on any atom is -0.350 e. The van der Waals surface area contributed by atoms with Gasteiger partial charge in [0.1, 0.15) is 6.04 Å². The van der Waals surface area contributed by atoms with Gasteiger partial charge >= 0.3 is 0 Å². The molecule has 4 rings (SSSR count). The molecule has 3 N–H and O–H groups in total. The molecule has 5 nitrogen and oxygen atoms in total. The predicted octanol–water partition coefficient (Wildman–Crippen LogP) is 3.35. The van der Waals surface area contributed by atoms with Crippen molar-refractivity contribution in [2.24, 2.45) is 5.92 Å². The van der Waals surface area contributed by atoms with Crippen LogP contribution in [0.2, 0.25) is 0 Å². The minimum absolute atomic E-state index is 0.00216. The van der Waals surface area contributed by atoms with Crippen LogP contribution in [0.3, 0.4) is 0 Å². The molecule has 1 aromatic carbocycles. The van der Waals surface area contributed by atoms with Crippen molar-refractivity contribution in [2.45, 2.75) is 88.6 Å². The molecule has 164 valence electrons. The van der Waals surface area contributed by atoms with E-state index in [9.17, 15) is 9.59 Å². The van der Waals surface area contributed by atoms with E-state index in [2.05, 4.69) is 47.1 Å². The summed E-state index contributed by atoms with van der Waals surface area (Å²) in [5, 5.41) is 9.77. The van der Waals surface area contributed by atoms with E-state index in [1.807, 2.05) is 0 Å². The van der Waals surface area contributed by atoms with Gasteiger partial charge in [0.2, 0.25) is 11.8 Å². The van der Waals surface area contributed by atoms with E-state index in [0.717, 1.165) is 50.8 Å². The number of nitrogens with one attached hydrogen (secondary N) is 3. The first-order chi connectivity index (χ1) is 14.6. The molecule has 0 aromatic heterocycles. The second-order valence-corrected chi connectivity index (χ2v) is 9.77. The van der Waals surface area contributed by atoms with Crippen LogP contribution in [0, 0.1) is 12.8 Å². The van der Waals surface area contributed by atoms with Crippen molar-refractivity contribution in [2.75, 3.05) is 13.1 Å². The van der Waals surface area contributed by atoms with Gasteiger partial charge in [0.05, 0.1) is 5.41 Å². The summed E-state index contributed by atoms with van der Waals surface area (Å²) in [4.78, 5) is 26.6. The molecule has 0 bridgehead atoms. The number of amides is 2.